The van der Waals surface area contributed by atoms with E-state index in [9.17, 15) is 9.90 Å². The van der Waals surface area contributed by atoms with Crippen LogP contribution in [-0.2, 0) is 0 Å². The lowest BCUT2D eigenvalue weighted by Gasteiger charge is -2.33. The van der Waals surface area contributed by atoms with Gasteiger partial charge in [-0.15, -0.1) is 0 Å². The molecule has 0 aliphatic carbocycles. The van der Waals surface area contributed by atoms with Gasteiger partial charge in [-0.3, -0.25) is 0 Å². The monoisotopic (exact) mass is 272 g/mol. The minimum atomic E-state index is -0.944. The van der Waals surface area contributed by atoms with Crippen LogP contribution < -0.4 is 4.90 Å². The van der Waals surface area contributed by atoms with Crippen molar-refractivity contribution in [3.63, 3.8) is 0 Å². The van der Waals surface area contributed by atoms with E-state index in [0.717, 1.165) is 32.0 Å². The highest BCUT2D eigenvalue weighted by molar-refractivity contribution is 6.07. The van der Waals surface area contributed by atoms with E-state index in [2.05, 4.69) is 26.8 Å². The fourth-order valence-electron chi connectivity index (χ4n) is 2.53. The number of likely N-dealkylation sites (N-methyl/N-ethyl adjacent to an activating group) is 1. The third kappa shape index (κ3) is 2.18. The highest BCUT2D eigenvalue weighted by atomic mass is 16.4. The van der Waals surface area contributed by atoms with Gasteiger partial charge in [0.2, 0.25) is 0 Å². The third-order valence-corrected chi connectivity index (χ3v) is 3.68. The number of hydrogen-bond acceptors (Lipinski definition) is 5. The molecule has 1 aliphatic rings. The first-order valence-electron chi connectivity index (χ1n) is 6.57. The predicted octanol–water partition coefficient (Wildman–Crippen LogP) is 1.08. The second-order valence-corrected chi connectivity index (χ2v) is 4.99. The van der Waals surface area contributed by atoms with Crippen molar-refractivity contribution >= 4 is 22.7 Å². The molecule has 1 saturated heterocycles. The van der Waals surface area contributed by atoms with E-state index in [0.29, 0.717) is 10.9 Å². The maximum Gasteiger partial charge on any atom is 0.336 e. The lowest BCUT2D eigenvalue weighted by Crippen LogP contribution is -2.45. The molecule has 0 bridgehead atoms. The largest absolute Gasteiger partial charge is 0.478 e. The molecule has 1 fully saturated rings. The van der Waals surface area contributed by atoms with Gasteiger partial charge in [0.1, 0.15) is 12.1 Å². The van der Waals surface area contributed by atoms with Gasteiger partial charge in [-0.2, -0.15) is 0 Å². The number of benzene rings is 1. The van der Waals surface area contributed by atoms with Crippen LogP contribution in [0.25, 0.3) is 10.9 Å². The Bertz CT molecular complexity index is 645. The smallest absolute Gasteiger partial charge is 0.336 e. The van der Waals surface area contributed by atoms with Gasteiger partial charge in [0.15, 0.2) is 0 Å². The van der Waals surface area contributed by atoms with Gasteiger partial charge in [0.05, 0.1) is 16.5 Å². The van der Waals surface area contributed by atoms with Crippen molar-refractivity contribution in [1.29, 1.82) is 0 Å². The Morgan fingerprint density at radius 1 is 1.20 bits per heavy atom. The number of nitrogens with zero attached hydrogens (tertiary/aromatic N) is 4. The lowest BCUT2D eigenvalue weighted by atomic mass is 10.1. The van der Waals surface area contributed by atoms with Crippen molar-refractivity contribution in [2.24, 2.45) is 0 Å². The fraction of sp³-hybridized carbons (Fsp3) is 0.357. The van der Waals surface area contributed by atoms with Crippen molar-refractivity contribution in [3.05, 3.63) is 30.1 Å². The first kappa shape index (κ1) is 12.8. The summed E-state index contributed by atoms with van der Waals surface area (Å²) in [6.07, 6.45) is 1.50. The molecule has 0 unspecified atom stereocenters. The summed E-state index contributed by atoms with van der Waals surface area (Å²) < 4.78 is 0. The Morgan fingerprint density at radius 3 is 2.65 bits per heavy atom. The van der Waals surface area contributed by atoms with Crippen LogP contribution in [0, 0.1) is 0 Å². The summed E-state index contributed by atoms with van der Waals surface area (Å²) in [6.45, 7) is 3.58. The molecule has 2 heterocycles. The number of fused-ring (bicyclic) bond motifs is 1. The number of piperazine rings is 1. The van der Waals surface area contributed by atoms with E-state index in [4.69, 9.17) is 0 Å². The molecule has 0 amide bonds. The van der Waals surface area contributed by atoms with Crippen molar-refractivity contribution in [3.8, 4) is 0 Å². The molecule has 0 radical (unpaired) electrons. The number of aromatic carboxylic acids is 1. The van der Waals surface area contributed by atoms with Crippen LogP contribution in [0.1, 0.15) is 10.4 Å². The predicted molar refractivity (Wildman–Crippen MR) is 76.2 cm³/mol. The number of carboxylic acids is 1. The lowest BCUT2D eigenvalue weighted by molar-refractivity contribution is 0.0699. The molecule has 2 aromatic rings. The topological polar surface area (TPSA) is 69.6 Å². The standard InChI is InChI=1S/C14H16N4O2/c1-17-5-7-18(8-6-17)13-12-10(14(19)20)3-2-4-11(12)15-9-16-13/h2-4,9H,5-8H2,1H3,(H,19,20). The van der Waals surface area contributed by atoms with Crippen molar-refractivity contribution in [2.75, 3.05) is 38.1 Å². The van der Waals surface area contributed by atoms with Gasteiger partial charge in [-0.05, 0) is 19.2 Å². The van der Waals surface area contributed by atoms with Gasteiger partial charge in [0.25, 0.3) is 0 Å². The van der Waals surface area contributed by atoms with Crippen LogP contribution in [0.15, 0.2) is 24.5 Å². The zero-order chi connectivity index (χ0) is 14.1. The summed E-state index contributed by atoms with van der Waals surface area (Å²) >= 11 is 0. The fourth-order valence-corrected chi connectivity index (χ4v) is 2.53. The van der Waals surface area contributed by atoms with Crippen LogP contribution in [0.5, 0.6) is 0 Å². The summed E-state index contributed by atoms with van der Waals surface area (Å²) in [5, 5.41) is 10.00. The molecule has 6 nitrogen and oxygen atoms in total. The summed E-state index contributed by atoms with van der Waals surface area (Å²) in [7, 11) is 2.08. The van der Waals surface area contributed by atoms with Crippen molar-refractivity contribution in [2.45, 2.75) is 0 Å². The van der Waals surface area contributed by atoms with E-state index in [-0.39, 0.29) is 5.56 Å². The van der Waals surface area contributed by atoms with Gasteiger partial charge in [-0.1, -0.05) is 6.07 Å². The number of carbonyl (C=O) groups is 1. The minimum Gasteiger partial charge on any atom is -0.478 e. The third-order valence-electron chi connectivity index (χ3n) is 3.68. The molecule has 1 aromatic heterocycles. The summed E-state index contributed by atoms with van der Waals surface area (Å²) in [6, 6.07) is 5.14. The van der Waals surface area contributed by atoms with Crippen molar-refractivity contribution < 1.29 is 9.90 Å². The van der Waals surface area contributed by atoms with Crippen LogP contribution in [0.4, 0.5) is 5.82 Å². The molecule has 3 rings (SSSR count). The van der Waals surface area contributed by atoms with Gasteiger partial charge < -0.3 is 14.9 Å². The van der Waals surface area contributed by atoms with E-state index in [1.165, 1.54) is 6.33 Å². The van der Waals surface area contributed by atoms with Crippen LogP contribution in [-0.4, -0.2) is 59.2 Å². The Balaban J connectivity index is 2.13. The van der Waals surface area contributed by atoms with E-state index in [1.54, 1.807) is 12.1 Å². The SMILES string of the molecule is CN1CCN(c2ncnc3cccc(C(=O)O)c23)CC1. The molecule has 0 saturated carbocycles. The number of anilines is 1. The number of rotatable bonds is 2. The quantitative estimate of drug-likeness (QED) is 0.882. The van der Waals surface area contributed by atoms with E-state index in [1.807, 2.05) is 6.07 Å². The average molecular weight is 272 g/mol. The zero-order valence-electron chi connectivity index (χ0n) is 11.3. The van der Waals surface area contributed by atoms with E-state index >= 15 is 0 Å². The minimum absolute atomic E-state index is 0.261. The second kappa shape index (κ2) is 5.05. The molecule has 6 heteroatoms. The Kier molecular flexibility index (Phi) is 3.23. The molecule has 20 heavy (non-hydrogen) atoms. The Hall–Kier alpha value is -2.21. The number of carboxylic acid groups (broad SMARTS) is 1. The summed E-state index contributed by atoms with van der Waals surface area (Å²) in [5.74, 6) is -0.220. The van der Waals surface area contributed by atoms with Crippen molar-refractivity contribution in [1.82, 2.24) is 14.9 Å². The average Bonchev–Trinajstić information content (AvgIpc) is 2.47. The van der Waals surface area contributed by atoms with Crippen LogP contribution in [0.3, 0.4) is 0 Å². The molecule has 104 valence electrons. The van der Waals surface area contributed by atoms with Gasteiger partial charge in [0, 0.05) is 26.2 Å². The first-order valence-corrected chi connectivity index (χ1v) is 6.57. The van der Waals surface area contributed by atoms with Crippen LogP contribution >= 0.6 is 0 Å². The van der Waals surface area contributed by atoms with Crippen LogP contribution in [0.2, 0.25) is 0 Å². The highest BCUT2D eigenvalue weighted by Gasteiger charge is 2.21. The summed E-state index contributed by atoms with van der Waals surface area (Å²) in [5.41, 5.74) is 0.936. The molecule has 1 aliphatic heterocycles. The van der Waals surface area contributed by atoms with Gasteiger partial charge in [-0.25, -0.2) is 14.8 Å². The zero-order valence-corrected chi connectivity index (χ0v) is 11.3. The molecular weight excluding hydrogens is 256 g/mol. The number of hydrogen-bond donors (Lipinski definition) is 1. The summed E-state index contributed by atoms with van der Waals surface area (Å²) in [4.78, 5) is 24.3. The number of aromatic nitrogens is 2. The van der Waals surface area contributed by atoms with Gasteiger partial charge >= 0.3 is 5.97 Å². The molecule has 0 atom stereocenters. The highest BCUT2D eigenvalue weighted by Crippen LogP contribution is 2.27. The first-order chi connectivity index (χ1) is 9.66. The molecule has 1 N–H and O–H groups in total. The Morgan fingerprint density at radius 2 is 1.95 bits per heavy atom. The maximum atomic E-state index is 11.4. The molecule has 1 aromatic carbocycles. The maximum absolute atomic E-state index is 11.4. The molecule has 0 spiro atoms. The second-order valence-electron chi connectivity index (χ2n) is 4.99. The Labute approximate surface area is 116 Å². The van der Waals surface area contributed by atoms with E-state index < -0.39 is 5.97 Å². The normalized spacial score (nSPS) is 16.6. The molecular formula is C14H16N4O2.